The van der Waals surface area contributed by atoms with E-state index >= 15 is 0 Å². The number of nitriles is 1. The molecule has 2 amide bonds. The van der Waals surface area contributed by atoms with Gasteiger partial charge in [0.1, 0.15) is 11.4 Å². The van der Waals surface area contributed by atoms with Crippen molar-refractivity contribution >= 4 is 39.6 Å². The smallest absolute Gasteiger partial charge is 0.313 e. The summed E-state index contributed by atoms with van der Waals surface area (Å²) in [6.45, 7) is 3.51. The lowest BCUT2D eigenvalue weighted by Crippen LogP contribution is -2.56. The second-order valence-electron chi connectivity index (χ2n) is 9.94. The SMILES string of the molecule is CCS(=O)(=O)C1CCCC(C#N)(NC(=O)C(=O)NC2=CCC/C=c3/c(N)nc(-c4cnccc4C)cc3=C2)C1. The molecule has 2 aromatic heterocycles. The third kappa shape index (κ3) is 6.17. The molecule has 39 heavy (non-hydrogen) atoms. The van der Waals surface area contributed by atoms with Crippen molar-refractivity contribution in [3.05, 3.63) is 52.3 Å². The summed E-state index contributed by atoms with van der Waals surface area (Å²) in [7, 11) is -3.39. The Morgan fingerprint density at radius 2 is 2.03 bits per heavy atom. The molecule has 11 heteroatoms. The van der Waals surface area contributed by atoms with Gasteiger partial charge in [-0.05, 0) is 68.0 Å². The van der Waals surface area contributed by atoms with E-state index in [1.807, 2.05) is 25.1 Å². The Bertz CT molecular complexity index is 1610. The quantitative estimate of drug-likeness (QED) is 0.468. The number of nitrogens with one attached hydrogen (secondary N) is 2. The average Bonchev–Trinajstić information content (AvgIpc) is 2.90. The van der Waals surface area contributed by atoms with E-state index in [1.54, 1.807) is 31.5 Å². The molecule has 1 fully saturated rings. The number of nitrogens with two attached hydrogens (primary N) is 1. The number of fused-ring (bicyclic) bond motifs is 1. The zero-order valence-electron chi connectivity index (χ0n) is 22.0. The van der Waals surface area contributed by atoms with Crippen LogP contribution in [-0.2, 0) is 19.4 Å². The van der Waals surface area contributed by atoms with Crippen molar-refractivity contribution in [3.8, 4) is 17.3 Å². The van der Waals surface area contributed by atoms with Crippen molar-refractivity contribution in [2.75, 3.05) is 11.5 Å². The number of nitrogen functional groups attached to an aromatic ring is 1. The summed E-state index contributed by atoms with van der Waals surface area (Å²) in [6.07, 6.45) is 11.3. The number of anilines is 1. The Balaban J connectivity index is 1.58. The summed E-state index contributed by atoms with van der Waals surface area (Å²) in [5, 5.41) is 15.8. The molecule has 2 atom stereocenters. The van der Waals surface area contributed by atoms with Gasteiger partial charge >= 0.3 is 11.8 Å². The Hall–Kier alpha value is -4.04. The maximum Gasteiger partial charge on any atom is 0.313 e. The van der Waals surface area contributed by atoms with Crippen LogP contribution in [0.3, 0.4) is 0 Å². The molecule has 0 saturated heterocycles. The molecule has 2 aliphatic carbocycles. The molecule has 0 spiro atoms. The molecular formula is C28H32N6O4S. The number of hydrogen-bond acceptors (Lipinski definition) is 8. The largest absolute Gasteiger partial charge is 0.383 e. The van der Waals surface area contributed by atoms with Gasteiger partial charge in [-0.25, -0.2) is 13.4 Å². The number of amides is 2. The summed E-state index contributed by atoms with van der Waals surface area (Å²) in [4.78, 5) is 34.6. The minimum Gasteiger partial charge on any atom is -0.383 e. The van der Waals surface area contributed by atoms with Crippen molar-refractivity contribution in [2.45, 2.75) is 63.2 Å². The number of hydrogen-bond donors (Lipinski definition) is 3. The highest BCUT2D eigenvalue weighted by atomic mass is 32.2. The fourth-order valence-electron chi connectivity index (χ4n) is 5.06. The monoisotopic (exact) mass is 548 g/mol. The molecule has 0 aliphatic heterocycles. The number of aromatic nitrogens is 2. The van der Waals surface area contributed by atoms with E-state index in [-0.39, 0.29) is 18.6 Å². The second-order valence-corrected chi connectivity index (χ2v) is 12.5. The van der Waals surface area contributed by atoms with E-state index in [2.05, 4.69) is 26.7 Å². The Morgan fingerprint density at radius 3 is 2.74 bits per heavy atom. The van der Waals surface area contributed by atoms with Gasteiger partial charge in [0.25, 0.3) is 0 Å². The standard InChI is InChI=1S/C28H32N6O4S/c1-3-39(37,38)21-8-6-11-28(15-21,17-29)34-27(36)26(35)32-20-7-4-5-9-22-19(13-20)14-24(33-25(22)30)23-16-31-12-10-18(23)2/h7,9-10,12-14,16,21H,3-6,8,11,15H2,1-2H3,(H2,30,33)(H,32,35)(H,34,36)/b19-13?,20-7?,22-9+. The predicted octanol–water partition coefficient (Wildman–Crippen LogP) is 1.15. The average molecular weight is 549 g/mol. The predicted molar refractivity (Wildman–Crippen MR) is 148 cm³/mol. The first-order valence-corrected chi connectivity index (χ1v) is 14.6. The highest BCUT2D eigenvalue weighted by Gasteiger charge is 2.43. The van der Waals surface area contributed by atoms with Crippen molar-refractivity contribution in [1.82, 2.24) is 20.6 Å². The highest BCUT2D eigenvalue weighted by molar-refractivity contribution is 7.92. The Kier molecular flexibility index (Phi) is 8.16. The van der Waals surface area contributed by atoms with E-state index in [0.717, 1.165) is 21.6 Å². The lowest BCUT2D eigenvalue weighted by atomic mass is 9.82. The first-order valence-electron chi connectivity index (χ1n) is 12.9. The van der Waals surface area contributed by atoms with Gasteiger partial charge in [0.2, 0.25) is 0 Å². The van der Waals surface area contributed by atoms with Gasteiger partial charge < -0.3 is 16.4 Å². The van der Waals surface area contributed by atoms with Crippen LogP contribution < -0.4 is 26.8 Å². The maximum absolute atomic E-state index is 12.9. The molecule has 4 N–H and O–H groups in total. The molecule has 0 aromatic carbocycles. The van der Waals surface area contributed by atoms with E-state index in [1.165, 1.54) is 0 Å². The molecular weight excluding hydrogens is 516 g/mol. The van der Waals surface area contributed by atoms with Gasteiger partial charge in [-0.15, -0.1) is 0 Å². The number of carbonyl (C=O) groups excluding carboxylic acids is 2. The van der Waals surface area contributed by atoms with Gasteiger partial charge in [-0.3, -0.25) is 14.6 Å². The number of sulfone groups is 1. The summed E-state index contributed by atoms with van der Waals surface area (Å²) in [6, 6.07) is 5.81. The Labute approximate surface area is 227 Å². The summed E-state index contributed by atoms with van der Waals surface area (Å²) < 4.78 is 24.9. The molecule has 204 valence electrons. The number of aryl methyl sites for hydroxylation is 1. The fraction of sp³-hybridized carbons (Fsp3) is 0.393. The molecule has 2 aliphatic rings. The second kappa shape index (κ2) is 11.4. The third-order valence-electron chi connectivity index (χ3n) is 7.27. The van der Waals surface area contributed by atoms with Crippen molar-refractivity contribution in [3.63, 3.8) is 0 Å². The number of carbonyl (C=O) groups is 2. The minimum absolute atomic E-state index is 0.0421. The van der Waals surface area contributed by atoms with Crippen LogP contribution in [0.15, 0.2) is 36.3 Å². The summed E-state index contributed by atoms with van der Waals surface area (Å²) >= 11 is 0. The van der Waals surface area contributed by atoms with Crippen LogP contribution in [-0.4, -0.2) is 46.7 Å². The van der Waals surface area contributed by atoms with Crippen molar-refractivity contribution < 1.29 is 18.0 Å². The van der Waals surface area contributed by atoms with E-state index in [0.29, 0.717) is 42.9 Å². The van der Waals surface area contributed by atoms with Crippen LogP contribution in [0.1, 0.15) is 51.0 Å². The molecule has 0 radical (unpaired) electrons. The van der Waals surface area contributed by atoms with Crippen LogP contribution in [0.5, 0.6) is 0 Å². The van der Waals surface area contributed by atoms with Gasteiger partial charge in [-0.2, -0.15) is 5.26 Å². The molecule has 2 aromatic rings. The number of nitrogens with zero attached hydrogens (tertiary/aromatic N) is 3. The van der Waals surface area contributed by atoms with E-state index in [9.17, 15) is 23.3 Å². The summed E-state index contributed by atoms with van der Waals surface area (Å²) in [5.41, 5.74) is 7.74. The third-order valence-corrected chi connectivity index (χ3v) is 9.50. The number of allylic oxidation sites excluding steroid dienone is 2. The van der Waals surface area contributed by atoms with Gasteiger partial charge in [-0.1, -0.05) is 19.1 Å². The van der Waals surface area contributed by atoms with Crippen LogP contribution in [0.2, 0.25) is 0 Å². The summed E-state index contributed by atoms with van der Waals surface area (Å²) in [5.74, 6) is -1.63. The van der Waals surface area contributed by atoms with Crippen LogP contribution in [0.4, 0.5) is 5.82 Å². The van der Waals surface area contributed by atoms with Crippen LogP contribution in [0, 0.1) is 18.3 Å². The first-order chi connectivity index (χ1) is 18.6. The Morgan fingerprint density at radius 1 is 1.26 bits per heavy atom. The normalized spacial score (nSPS) is 21.8. The van der Waals surface area contributed by atoms with E-state index in [4.69, 9.17) is 5.73 Å². The van der Waals surface area contributed by atoms with Crippen molar-refractivity contribution in [1.29, 1.82) is 5.26 Å². The minimum atomic E-state index is -3.39. The first kappa shape index (κ1) is 28.0. The van der Waals surface area contributed by atoms with Crippen LogP contribution in [0.25, 0.3) is 23.4 Å². The zero-order chi connectivity index (χ0) is 28.2. The molecule has 4 rings (SSSR count). The van der Waals surface area contributed by atoms with Gasteiger partial charge in [0.15, 0.2) is 9.84 Å². The van der Waals surface area contributed by atoms with E-state index < -0.39 is 32.4 Å². The molecule has 10 nitrogen and oxygen atoms in total. The van der Waals surface area contributed by atoms with Gasteiger partial charge in [0.05, 0.1) is 17.0 Å². The molecule has 2 heterocycles. The van der Waals surface area contributed by atoms with Gasteiger partial charge in [0, 0.05) is 41.0 Å². The zero-order valence-corrected chi connectivity index (χ0v) is 22.8. The lowest BCUT2D eigenvalue weighted by molar-refractivity contribution is -0.139. The van der Waals surface area contributed by atoms with Crippen LogP contribution >= 0.6 is 0 Å². The topological polar surface area (TPSA) is 168 Å². The fourth-order valence-corrected chi connectivity index (χ4v) is 6.59. The molecule has 2 unspecified atom stereocenters. The highest BCUT2D eigenvalue weighted by Crippen LogP contribution is 2.32. The number of rotatable bonds is 5. The maximum atomic E-state index is 12.9. The molecule has 0 bridgehead atoms. The van der Waals surface area contributed by atoms with Crippen molar-refractivity contribution in [2.24, 2.45) is 0 Å². The lowest BCUT2D eigenvalue weighted by Gasteiger charge is -2.35. The number of pyridine rings is 2. The molecule has 1 saturated carbocycles.